The third-order valence-electron chi connectivity index (χ3n) is 21.2. The van der Waals surface area contributed by atoms with Gasteiger partial charge in [0.2, 0.25) is 0 Å². The van der Waals surface area contributed by atoms with Crippen molar-refractivity contribution in [2.75, 3.05) is 209 Å². The van der Waals surface area contributed by atoms with Crippen LogP contribution in [-0.4, -0.2) is 294 Å². The van der Waals surface area contributed by atoms with Gasteiger partial charge < -0.3 is 108 Å². The van der Waals surface area contributed by atoms with Crippen molar-refractivity contribution in [3.63, 3.8) is 0 Å². The Bertz CT molecular complexity index is 2210. The van der Waals surface area contributed by atoms with E-state index in [1.165, 1.54) is 221 Å². The maximum Gasteiger partial charge on any atom is 0.0224 e. The second-order valence-electron chi connectivity index (χ2n) is 53.0. The predicted octanol–water partition coefficient (Wildman–Crippen LogP) is 31.5. The van der Waals surface area contributed by atoms with E-state index in [0.717, 1.165) is 101 Å². The van der Waals surface area contributed by atoms with Gasteiger partial charge in [0.25, 0.3) is 0 Å². The Morgan fingerprint density at radius 2 is 0.507 bits per heavy atom. The fourth-order valence-corrected chi connectivity index (χ4v) is 13.9. The fraction of sp³-hybridized carbons (Fsp3) is 0.938. The first-order chi connectivity index (χ1) is 64.2. The molecule has 0 saturated carbocycles. The summed E-state index contributed by atoms with van der Waals surface area (Å²) in [6.07, 6.45) is 16.0. The standard InChI is InChI=1S/C11H22N2.C10H20N2.C9H19N.2C8H17N.C7H14N2.C7H15N.C6H12N2.C5H11N.6C5H12.2C4H9N.C3H7N.6C2H6.4CH4.4Y/c1-11(2,3)13-8-7-12-6-4-5-10(12)9-13;1-10(2,3)12-6-8-4-11-5-9(8)7-12;1-6-8-10(7-2)9(3,4)5;1-8(2,3)9-6-4-5-7-9;1-6-9(7-2)8(3,4)5;1-2-7-6-8-3-5-9(7)4-1;1-7(2,3)8-5-4-6-8;1-5-2-8-4-6(5)3-7-1;1-3-5-6-4-2;6*1-5(2,3)4;1-2-4-5-3-1;1-3-5-4-2;1-2-4-3-1;6*1-2;;;;;;;;/h10H,4-9H2,1-3H3;8-9,11H,4-7H2,1-3H3;1-2,6-8H2,3-5H3;4-7H2,1-3H3;1-2,6-7H2,3-5H3;7-8H,1-6H2;4-6H2,1-3H3;5-8H,1-4H2;6H,1-5H2;6*1-4H3;2*5H,1-4H2;4H,1-3H2;6*1-2H3;4*1H4;;;;/q;;-2;;-2;;;;-2;;;;;;;;-2;;;;;;;;;;;;;;;. The quantitative estimate of drug-likeness (QED) is 0.0782. The van der Waals surface area contributed by atoms with Gasteiger partial charge in [-0.25, -0.2) is 0 Å². The van der Waals surface area contributed by atoms with Crippen LogP contribution in [0.15, 0.2) is 0 Å². The van der Waals surface area contributed by atoms with E-state index < -0.39 is 0 Å². The first-order valence-electron chi connectivity index (χ1n) is 58.1. The third kappa shape index (κ3) is 156. The molecule has 12 fully saturated rings. The summed E-state index contributed by atoms with van der Waals surface area (Å²) in [5, 5.41) is 25.9. The van der Waals surface area contributed by atoms with Crippen molar-refractivity contribution in [1.82, 2.24) is 81.7 Å². The molecular weight excluding hydrogens is 2120 g/mol. The normalized spacial score (nSPS) is 19.5. The Morgan fingerprint density at radius 1 is 0.243 bits per heavy atom. The molecule has 8 N–H and O–H groups in total. The van der Waals surface area contributed by atoms with Crippen LogP contribution < -0.4 is 42.5 Å². The largest absolute Gasteiger partial charge is 0.376 e. The molecule has 0 aliphatic carbocycles. The molecule has 0 aromatic rings. The molecule has 4 atom stereocenters. The summed E-state index contributed by atoms with van der Waals surface area (Å²) in [6, 6.07) is 1.76. The summed E-state index contributed by atoms with van der Waals surface area (Å²) in [7, 11) is 0. The minimum atomic E-state index is 0. The molecule has 12 aliphatic heterocycles. The minimum absolute atomic E-state index is 0. The fourth-order valence-electron chi connectivity index (χ4n) is 13.9. The van der Waals surface area contributed by atoms with E-state index in [1.54, 1.807) is 0 Å². The zero-order valence-corrected chi connectivity index (χ0v) is 121. The third-order valence-corrected chi connectivity index (χ3v) is 21.2. The Kier molecular flexibility index (Phi) is 158. The SMILES string of the molecule is C.C.C.C.C1CC2CNCCN2C1.C1CCNC1.C1CNC1.C1NCC2CNCC12.CC.CC.CC.CC.CC.CC.CC(C)(C)C.CC(C)(C)C.CC(C)(C)C.CC(C)(C)C.CC(C)(C)C.CC(C)(C)C.CC(C)(C)N1CC2CNCC2C1.CC(C)(C)N1CCC1.CC(C)(C)N1CCCC1.CC(C)(C)N1CCN2CCCC2C1.[CH2-]CCN(C[CH2-])C(C)(C)C.[CH2-]CCNC[CH2-].[CH2-]CN(C[CH2-])C(C)(C)C.[CH2-]CNC[CH2-].[Y].[Y].[Y].[Y]. The van der Waals surface area contributed by atoms with Crippen molar-refractivity contribution >= 4 is 0 Å². The van der Waals surface area contributed by atoms with Crippen LogP contribution in [0.1, 0.15) is 481 Å². The zero-order valence-electron chi connectivity index (χ0n) is 110. The van der Waals surface area contributed by atoms with E-state index in [-0.39, 0.29) is 172 Å². The molecule has 0 spiro atoms. The van der Waals surface area contributed by atoms with E-state index in [9.17, 15) is 0 Å². The molecule has 0 amide bonds. The molecule has 0 bridgehead atoms. The van der Waals surface area contributed by atoms with Crippen molar-refractivity contribution in [3.8, 4) is 0 Å². The topological polar surface area (TPSA) is 122 Å². The Balaban J connectivity index is -0.0000000651. The van der Waals surface area contributed by atoms with Crippen LogP contribution in [0.4, 0.5) is 0 Å². The number of fused-ring (bicyclic) bond motifs is 4. The summed E-state index contributed by atoms with van der Waals surface area (Å²) < 4.78 is 0. The summed E-state index contributed by atoms with van der Waals surface area (Å²) in [5.74, 6) is 3.78. The maximum atomic E-state index is 3.87. The summed E-state index contributed by atoms with van der Waals surface area (Å²) in [5.41, 5.74) is 5.07. The van der Waals surface area contributed by atoms with Crippen molar-refractivity contribution in [2.45, 2.75) is 526 Å². The minimum Gasteiger partial charge on any atom is -0.376 e. The van der Waals surface area contributed by atoms with Gasteiger partial charge in [-0.05, 0) is 363 Å². The van der Waals surface area contributed by atoms with E-state index >= 15 is 0 Å². The zero-order chi connectivity index (χ0) is 113. The van der Waals surface area contributed by atoms with Gasteiger partial charge in [0, 0.05) is 229 Å². The Hall–Kier alpha value is 3.78. The van der Waals surface area contributed by atoms with E-state index in [4.69, 9.17) is 0 Å². The van der Waals surface area contributed by atoms with Gasteiger partial charge in [-0.2, -0.15) is 12.8 Å². The number of piperazine rings is 2. The van der Waals surface area contributed by atoms with Crippen molar-refractivity contribution < 1.29 is 131 Å². The molecule has 16 nitrogen and oxygen atoms in total. The number of rotatable bonds is 10. The number of hydrogen-bond donors (Lipinski definition) is 8. The second kappa shape index (κ2) is 117. The molecular formula is C128H296N16Y4-8. The number of likely N-dealkylation sites (tertiary alicyclic amines) is 3. The summed E-state index contributed by atoms with van der Waals surface area (Å²) in [4.78, 5) is 20.1. The van der Waals surface area contributed by atoms with E-state index in [0.29, 0.717) is 54.6 Å². The van der Waals surface area contributed by atoms with Crippen LogP contribution in [0.3, 0.4) is 0 Å². The van der Waals surface area contributed by atoms with Crippen LogP contribution in [0, 0.1) is 112 Å². The summed E-state index contributed by atoms with van der Waals surface area (Å²) >= 11 is 0. The van der Waals surface area contributed by atoms with Crippen molar-refractivity contribution in [1.29, 1.82) is 0 Å². The van der Waals surface area contributed by atoms with Crippen LogP contribution in [0.2, 0.25) is 0 Å². The number of nitrogens with zero attached hydrogens (tertiary/aromatic N) is 8. The Labute approximate surface area is 1050 Å². The van der Waals surface area contributed by atoms with Crippen LogP contribution in [0.5, 0.6) is 0 Å². The molecule has 12 heterocycles. The molecule has 12 rings (SSSR count). The Morgan fingerprint density at radius 3 is 0.689 bits per heavy atom. The average molecular weight is 2420 g/mol. The van der Waals surface area contributed by atoms with Gasteiger partial charge in [0.05, 0.1) is 0 Å². The number of nitrogens with one attached hydrogen (secondary N) is 8. The van der Waals surface area contributed by atoms with Crippen LogP contribution in [-0.2, 0) is 131 Å². The summed E-state index contributed by atoms with van der Waals surface area (Å²) in [6.45, 7) is 184. The molecule has 12 saturated heterocycles. The van der Waals surface area contributed by atoms with Crippen molar-refractivity contribution in [3.05, 3.63) is 55.4 Å². The maximum absolute atomic E-state index is 3.87. The average Bonchev–Trinajstić information content (AvgIpc) is 1.66. The van der Waals surface area contributed by atoms with E-state index in [1.807, 2.05) is 83.1 Å². The van der Waals surface area contributed by atoms with Crippen molar-refractivity contribution in [2.24, 2.45) is 56.2 Å². The molecule has 12 aliphatic rings. The van der Waals surface area contributed by atoms with E-state index in [2.05, 4.69) is 428 Å². The van der Waals surface area contributed by atoms with Gasteiger partial charge in [0.15, 0.2) is 0 Å². The van der Waals surface area contributed by atoms with Gasteiger partial charge >= 0.3 is 0 Å². The monoisotopic (exact) mass is 2410 g/mol. The van der Waals surface area contributed by atoms with Crippen LogP contribution in [0.25, 0.3) is 0 Å². The van der Waals surface area contributed by atoms with Gasteiger partial charge in [0.1, 0.15) is 0 Å². The predicted molar refractivity (Wildman–Crippen MR) is 680 cm³/mol. The molecule has 148 heavy (non-hydrogen) atoms. The molecule has 20 heteroatoms. The van der Waals surface area contributed by atoms with Gasteiger partial charge in [-0.3, -0.25) is 29.4 Å². The molecule has 0 aromatic carbocycles. The number of hydrogen-bond acceptors (Lipinski definition) is 16. The van der Waals surface area contributed by atoms with Crippen LogP contribution >= 0.6 is 0 Å². The van der Waals surface area contributed by atoms with Gasteiger partial charge in [-0.1, -0.05) is 279 Å². The first kappa shape index (κ1) is 199. The molecule has 0 aromatic heterocycles. The molecule has 4 unspecified atom stereocenters. The molecule has 4 radical (unpaired) electrons. The first-order valence-corrected chi connectivity index (χ1v) is 58.1. The second-order valence-corrected chi connectivity index (χ2v) is 53.0. The molecule has 908 valence electrons. The van der Waals surface area contributed by atoms with Gasteiger partial charge in [-0.15, -0.1) is 39.3 Å². The smallest absolute Gasteiger partial charge is 0.0224 e.